The minimum atomic E-state index is -0.0129. The molecular formula is C17H21N3O. The fourth-order valence-corrected chi connectivity index (χ4v) is 2.91. The molecule has 0 fully saturated rings. The number of ether oxygens (including phenoxy) is 1. The highest BCUT2D eigenvalue weighted by atomic mass is 16.5. The van der Waals surface area contributed by atoms with Crippen LogP contribution in [-0.2, 0) is 11.2 Å². The summed E-state index contributed by atoms with van der Waals surface area (Å²) in [5.74, 6) is 5.75. The Morgan fingerprint density at radius 2 is 2.24 bits per heavy atom. The summed E-state index contributed by atoms with van der Waals surface area (Å²) < 4.78 is 5.97. The minimum absolute atomic E-state index is 0.0129. The molecule has 2 aromatic rings. The Balaban J connectivity index is 1.82. The molecule has 0 spiro atoms. The predicted molar refractivity (Wildman–Crippen MR) is 82.5 cm³/mol. The number of aryl methyl sites for hydroxylation is 1. The van der Waals surface area contributed by atoms with E-state index in [0.29, 0.717) is 0 Å². The van der Waals surface area contributed by atoms with Crippen molar-refractivity contribution in [3.63, 3.8) is 0 Å². The van der Waals surface area contributed by atoms with Crippen molar-refractivity contribution in [2.24, 2.45) is 5.84 Å². The van der Waals surface area contributed by atoms with Crippen LogP contribution < -0.4 is 11.3 Å². The lowest BCUT2D eigenvalue weighted by Gasteiger charge is -2.29. The van der Waals surface area contributed by atoms with Crippen LogP contribution in [0.3, 0.4) is 0 Å². The van der Waals surface area contributed by atoms with Crippen LogP contribution in [0, 0.1) is 6.92 Å². The lowest BCUT2D eigenvalue weighted by molar-refractivity contribution is 0.0290. The third kappa shape index (κ3) is 3.13. The molecule has 110 valence electrons. The van der Waals surface area contributed by atoms with Crippen LogP contribution in [0.15, 0.2) is 42.6 Å². The Labute approximate surface area is 125 Å². The maximum Gasteiger partial charge on any atom is 0.0847 e. The molecule has 4 nitrogen and oxygen atoms in total. The molecule has 0 amide bonds. The van der Waals surface area contributed by atoms with E-state index >= 15 is 0 Å². The molecule has 3 N–H and O–H groups in total. The smallest absolute Gasteiger partial charge is 0.0847 e. The highest BCUT2D eigenvalue weighted by molar-refractivity contribution is 5.31. The summed E-state index contributed by atoms with van der Waals surface area (Å²) in [6.07, 6.45) is 3.66. The number of fused-ring (bicyclic) bond motifs is 1. The minimum Gasteiger partial charge on any atom is -0.373 e. The van der Waals surface area contributed by atoms with Gasteiger partial charge in [-0.3, -0.25) is 16.3 Å². The molecule has 1 aliphatic heterocycles. The molecular weight excluding hydrogens is 262 g/mol. The quantitative estimate of drug-likeness (QED) is 0.669. The van der Waals surface area contributed by atoms with E-state index in [9.17, 15) is 0 Å². The molecule has 0 bridgehead atoms. The highest BCUT2D eigenvalue weighted by Gasteiger charge is 2.25. The third-order valence-corrected chi connectivity index (χ3v) is 4.04. The predicted octanol–water partition coefficient (Wildman–Crippen LogP) is 2.60. The first kappa shape index (κ1) is 14.2. The van der Waals surface area contributed by atoms with Crippen molar-refractivity contribution in [1.82, 2.24) is 10.4 Å². The van der Waals surface area contributed by atoms with E-state index in [-0.39, 0.29) is 12.1 Å². The van der Waals surface area contributed by atoms with Crippen molar-refractivity contribution in [3.05, 3.63) is 65.0 Å². The number of hydrazine groups is 1. The molecule has 0 saturated carbocycles. The second kappa shape index (κ2) is 6.35. The molecule has 0 radical (unpaired) electrons. The molecule has 21 heavy (non-hydrogen) atoms. The monoisotopic (exact) mass is 283 g/mol. The zero-order chi connectivity index (χ0) is 14.7. The summed E-state index contributed by atoms with van der Waals surface area (Å²) in [5.41, 5.74) is 7.68. The number of nitrogens with one attached hydrogen (secondary N) is 1. The Morgan fingerprint density at radius 1 is 1.38 bits per heavy atom. The first-order valence-electron chi connectivity index (χ1n) is 7.36. The van der Waals surface area contributed by atoms with Gasteiger partial charge in [0.25, 0.3) is 0 Å². The fraction of sp³-hybridized carbons (Fsp3) is 0.353. The maximum atomic E-state index is 5.97. The van der Waals surface area contributed by atoms with Crippen LogP contribution in [0.1, 0.15) is 41.0 Å². The Morgan fingerprint density at radius 3 is 3.05 bits per heavy atom. The van der Waals surface area contributed by atoms with Gasteiger partial charge in [-0.1, -0.05) is 24.3 Å². The van der Waals surface area contributed by atoms with E-state index in [1.807, 2.05) is 12.3 Å². The summed E-state index contributed by atoms with van der Waals surface area (Å²) in [6, 6.07) is 12.5. The molecule has 2 unspecified atom stereocenters. The van der Waals surface area contributed by atoms with Crippen molar-refractivity contribution in [2.75, 3.05) is 6.61 Å². The van der Waals surface area contributed by atoms with Gasteiger partial charge in [0.1, 0.15) is 0 Å². The fourth-order valence-electron chi connectivity index (χ4n) is 2.91. The van der Waals surface area contributed by atoms with Gasteiger partial charge in [-0.2, -0.15) is 0 Å². The van der Waals surface area contributed by atoms with Gasteiger partial charge in [0.05, 0.1) is 24.4 Å². The van der Waals surface area contributed by atoms with E-state index < -0.39 is 0 Å². The van der Waals surface area contributed by atoms with Crippen molar-refractivity contribution >= 4 is 0 Å². The van der Waals surface area contributed by atoms with Gasteiger partial charge in [-0.15, -0.1) is 0 Å². The largest absolute Gasteiger partial charge is 0.373 e. The van der Waals surface area contributed by atoms with Crippen molar-refractivity contribution < 1.29 is 4.74 Å². The number of hydrogen-bond acceptors (Lipinski definition) is 4. The molecule has 3 rings (SSSR count). The van der Waals surface area contributed by atoms with E-state index in [2.05, 4.69) is 47.7 Å². The van der Waals surface area contributed by atoms with Gasteiger partial charge < -0.3 is 4.74 Å². The van der Waals surface area contributed by atoms with Gasteiger partial charge in [0, 0.05) is 12.6 Å². The standard InChI is InChI=1S/C17H21N3O/c1-12-6-8-19-15(10-12)16(20-18)11-17-14-5-3-2-4-13(14)7-9-21-17/h2-6,8,10,16-17,20H,7,9,11,18H2,1H3. The normalized spacial score (nSPS) is 19.0. The zero-order valence-electron chi connectivity index (χ0n) is 12.3. The molecule has 2 atom stereocenters. The van der Waals surface area contributed by atoms with Gasteiger partial charge >= 0.3 is 0 Å². The molecule has 0 saturated heterocycles. The van der Waals surface area contributed by atoms with E-state index in [0.717, 1.165) is 25.1 Å². The number of nitrogens with zero attached hydrogens (tertiary/aromatic N) is 1. The number of rotatable bonds is 4. The van der Waals surface area contributed by atoms with Crippen LogP contribution in [0.4, 0.5) is 0 Å². The van der Waals surface area contributed by atoms with Gasteiger partial charge in [-0.25, -0.2) is 0 Å². The van der Waals surface area contributed by atoms with E-state index in [1.165, 1.54) is 16.7 Å². The number of nitrogens with two attached hydrogens (primary N) is 1. The molecule has 4 heteroatoms. The summed E-state index contributed by atoms with van der Waals surface area (Å²) >= 11 is 0. The summed E-state index contributed by atoms with van der Waals surface area (Å²) in [4.78, 5) is 4.43. The number of aromatic nitrogens is 1. The Bertz CT molecular complexity index is 614. The van der Waals surface area contributed by atoms with E-state index in [1.54, 1.807) is 0 Å². The molecule has 1 aromatic carbocycles. The zero-order valence-corrected chi connectivity index (χ0v) is 12.3. The molecule has 2 heterocycles. The summed E-state index contributed by atoms with van der Waals surface area (Å²) in [5, 5.41) is 0. The first-order valence-corrected chi connectivity index (χ1v) is 7.36. The van der Waals surface area contributed by atoms with Crippen LogP contribution in [-0.4, -0.2) is 11.6 Å². The second-order valence-corrected chi connectivity index (χ2v) is 5.52. The summed E-state index contributed by atoms with van der Waals surface area (Å²) in [6.45, 7) is 2.82. The van der Waals surface area contributed by atoms with Gasteiger partial charge in [0.2, 0.25) is 0 Å². The third-order valence-electron chi connectivity index (χ3n) is 4.04. The maximum absolute atomic E-state index is 5.97. The van der Waals surface area contributed by atoms with Crippen molar-refractivity contribution in [3.8, 4) is 0 Å². The second-order valence-electron chi connectivity index (χ2n) is 5.52. The van der Waals surface area contributed by atoms with Crippen LogP contribution in [0.25, 0.3) is 0 Å². The topological polar surface area (TPSA) is 60.2 Å². The number of benzene rings is 1. The number of hydrogen-bond donors (Lipinski definition) is 2. The van der Waals surface area contributed by atoms with E-state index in [4.69, 9.17) is 10.6 Å². The lowest BCUT2D eigenvalue weighted by atomic mass is 9.92. The van der Waals surface area contributed by atoms with Gasteiger partial charge in [0.15, 0.2) is 0 Å². The van der Waals surface area contributed by atoms with Crippen molar-refractivity contribution in [2.45, 2.75) is 31.9 Å². The van der Waals surface area contributed by atoms with Crippen molar-refractivity contribution in [1.29, 1.82) is 0 Å². The average Bonchev–Trinajstić information content (AvgIpc) is 2.52. The molecule has 1 aromatic heterocycles. The molecule has 1 aliphatic rings. The van der Waals surface area contributed by atoms with Crippen LogP contribution >= 0.6 is 0 Å². The Kier molecular flexibility index (Phi) is 4.29. The number of pyridine rings is 1. The first-order chi connectivity index (χ1) is 10.3. The average molecular weight is 283 g/mol. The molecule has 0 aliphatic carbocycles. The lowest BCUT2D eigenvalue weighted by Crippen LogP contribution is -2.31. The van der Waals surface area contributed by atoms with Gasteiger partial charge in [-0.05, 0) is 42.2 Å². The summed E-state index contributed by atoms with van der Waals surface area (Å²) in [7, 11) is 0. The Hall–Kier alpha value is -1.75. The SMILES string of the molecule is Cc1ccnc(C(CC2OCCc3ccccc32)NN)c1. The highest BCUT2D eigenvalue weighted by Crippen LogP contribution is 2.33. The van der Waals surface area contributed by atoms with Crippen LogP contribution in [0.2, 0.25) is 0 Å². The van der Waals surface area contributed by atoms with Crippen LogP contribution in [0.5, 0.6) is 0 Å².